The first-order valence-corrected chi connectivity index (χ1v) is 6.90. The molecule has 2 aromatic rings. The number of rotatable bonds is 5. The molecule has 0 radical (unpaired) electrons. The van der Waals surface area contributed by atoms with Gasteiger partial charge in [0.1, 0.15) is 5.52 Å². The number of fused-ring (bicyclic) bond motifs is 1. The number of nitrogens with zero attached hydrogens (tertiary/aromatic N) is 3. The van der Waals surface area contributed by atoms with Crippen molar-refractivity contribution in [2.75, 3.05) is 0 Å². The van der Waals surface area contributed by atoms with Crippen LogP contribution in [0.4, 0.5) is 8.78 Å². The lowest BCUT2D eigenvalue weighted by molar-refractivity contribution is 0.140. The Kier molecular flexibility index (Phi) is 4.53. The predicted octanol–water partition coefficient (Wildman–Crippen LogP) is 0.911. The molecule has 0 aromatic carbocycles. The van der Waals surface area contributed by atoms with Crippen molar-refractivity contribution in [1.82, 2.24) is 19.1 Å². The molecule has 2 aromatic heterocycles. The molecule has 0 unspecified atom stereocenters. The highest BCUT2D eigenvalue weighted by Crippen LogP contribution is 2.13. The van der Waals surface area contributed by atoms with Crippen LogP contribution in [-0.2, 0) is 13.6 Å². The summed E-state index contributed by atoms with van der Waals surface area (Å²) in [5.41, 5.74) is -3.11. The molecule has 9 heteroatoms. The van der Waals surface area contributed by atoms with E-state index < -0.39 is 34.6 Å². The van der Waals surface area contributed by atoms with Crippen LogP contribution in [0.15, 0.2) is 14.4 Å². The third-order valence-corrected chi connectivity index (χ3v) is 3.40. The van der Waals surface area contributed by atoms with Crippen molar-refractivity contribution in [3.8, 4) is 0 Å². The molecule has 2 heterocycles. The van der Waals surface area contributed by atoms with Crippen LogP contribution in [0.25, 0.3) is 11.0 Å². The van der Waals surface area contributed by atoms with E-state index >= 15 is 0 Å². The second-order valence-electron chi connectivity index (χ2n) is 4.95. The Morgan fingerprint density at radius 3 is 2.50 bits per heavy atom. The minimum Gasteiger partial charge on any atom is -0.304 e. The van der Waals surface area contributed by atoms with Crippen molar-refractivity contribution in [1.29, 1.82) is 0 Å². The number of H-pyrrole nitrogens is 1. The highest BCUT2D eigenvalue weighted by Gasteiger charge is 2.19. The largest absolute Gasteiger partial charge is 0.331 e. The van der Waals surface area contributed by atoms with Gasteiger partial charge < -0.3 is 4.98 Å². The molecule has 2 rings (SSSR count). The number of alkyl halides is 2. The van der Waals surface area contributed by atoms with Gasteiger partial charge in [0.05, 0.1) is 0 Å². The molecule has 0 spiro atoms. The summed E-state index contributed by atoms with van der Waals surface area (Å²) in [6.07, 6.45) is -0.651. The maximum absolute atomic E-state index is 12.7. The van der Waals surface area contributed by atoms with E-state index in [2.05, 4.69) is 4.98 Å². The molecule has 0 amide bonds. The molecule has 0 bridgehead atoms. The zero-order chi connectivity index (χ0) is 16.4. The summed E-state index contributed by atoms with van der Waals surface area (Å²) in [5.74, 6) is -0.881. The van der Waals surface area contributed by atoms with E-state index in [9.17, 15) is 23.2 Å². The third kappa shape index (κ3) is 2.70. The van der Waals surface area contributed by atoms with Crippen molar-refractivity contribution in [2.24, 2.45) is 7.05 Å². The van der Waals surface area contributed by atoms with Crippen molar-refractivity contribution in [3.05, 3.63) is 37.0 Å². The fourth-order valence-electron chi connectivity index (χ4n) is 2.24. The lowest BCUT2D eigenvalue weighted by Crippen LogP contribution is -2.41. The molecule has 0 saturated heterocycles. The van der Waals surface area contributed by atoms with Crippen LogP contribution in [0.3, 0.4) is 0 Å². The molecule has 0 saturated carbocycles. The predicted molar refractivity (Wildman–Crippen MR) is 76.3 cm³/mol. The topological polar surface area (TPSA) is 89.8 Å². The molecule has 22 heavy (non-hydrogen) atoms. The molecule has 0 atom stereocenters. The molecule has 0 aliphatic carbocycles. The summed E-state index contributed by atoms with van der Waals surface area (Å²) < 4.78 is 27.3. The summed E-state index contributed by atoms with van der Waals surface area (Å²) in [6, 6.07) is 0. The van der Waals surface area contributed by atoms with Crippen LogP contribution >= 0.6 is 0 Å². The fraction of sp³-hybridized carbons (Fsp3) is 0.538. The van der Waals surface area contributed by atoms with E-state index in [-0.39, 0.29) is 12.1 Å². The summed E-state index contributed by atoms with van der Waals surface area (Å²) in [5, 5.41) is 0. The molecule has 0 fully saturated rings. The number of nitrogens with one attached hydrogen (secondary N) is 1. The van der Waals surface area contributed by atoms with E-state index in [4.69, 9.17) is 0 Å². The summed E-state index contributed by atoms with van der Waals surface area (Å²) in [4.78, 5) is 41.7. The number of aromatic nitrogens is 4. The Morgan fingerprint density at radius 2 is 1.91 bits per heavy atom. The van der Waals surface area contributed by atoms with Gasteiger partial charge in [-0.2, -0.15) is 0 Å². The number of hydrogen-bond acceptors (Lipinski definition) is 4. The maximum Gasteiger partial charge on any atom is 0.331 e. The van der Waals surface area contributed by atoms with Crippen molar-refractivity contribution in [3.63, 3.8) is 0 Å². The number of halogens is 2. The van der Waals surface area contributed by atoms with Crippen molar-refractivity contribution >= 4 is 11.0 Å². The SMILES string of the molecule is CCCCCn1c(=O)n(C)c(=O)c2nc(C(F)F)[nH]c(=O)c21. The van der Waals surface area contributed by atoms with Crippen LogP contribution in [0.1, 0.15) is 38.4 Å². The zero-order valence-corrected chi connectivity index (χ0v) is 12.2. The number of aromatic amines is 1. The van der Waals surface area contributed by atoms with E-state index in [1.807, 2.05) is 11.9 Å². The smallest absolute Gasteiger partial charge is 0.304 e. The Balaban J connectivity index is 2.82. The molecule has 7 nitrogen and oxygen atoms in total. The molecule has 120 valence electrons. The summed E-state index contributed by atoms with van der Waals surface area (Å²) in [6.45, 7) is 2.20. The minimum atomic E-state index is -3.01. The van der Waals surface area contributed by atoms with Gasteiger partial charge in [-0.15, -0.1) is 0 Å². The summed E-state index contributed by atoms with van der Waals surface area (Å²) >= 11 is 0. The number of unbranched alkanes of at least 4 members (excludes halogenated alkanes) is 2. The van der Waals surface area contributed by atoms with Gasteiger partial charge in [-0.1, -0.05) is 19.8 Å². The monoisotopic (exact) mass is 314 g/mol. The van der Waals surface area contributed by atoms with Crippen LogP contribution in [0.5, 0.6) is 0 Å². The first kappa shape index (κ1) is 16.1. The second kappa shape index (κ2) is 6.20. The van der Waals surface area contributed by atoms with Gasteiger partial charge in [0.25, 0.3) is 17.5 Å². The van der Waals surface area contributed by atoms with E-state index in [1.165, 1.54) is 7.05 Å². The average Bonchev–Trinajstić information content (AvgIpc) is 2.48. The highest BCUT2D eigenvalue weighted by atomic mass is 19.3. The van der Waals surface area contributed by atoms with Gasteiger partial charge in [0, 0.05) is 13.6 Å². The zero-order valence-electron chi connectivity index (χ0n) is 12.2. The fourth-order valence-corrected chi connectivity index (χ4v) is 2.24. The lowest BCUT2D eigenvalue weighted by atomic mass is 10.2. The van der Waals surface area contributed by atoms with E-state index in [0.29, 0.717) is 6.42 Å². The first-order chi connectivity index (χ1) is 10.4. The average molecular weight is 314 g/mol. The Hall–Kier alpha value is -2.32. The van der Waals surface area contributed by atoms with E-state index in [1.54, 1.807) is 0 Å². The van der Waals surface area contributed by atoms with Gasteiger partial charge in [-0.05, 0) is 6.42 Å². The van der Waals surface area contributed by atoms with Crippen LogP contribution in [-0.4, -0.2) is 19.1 Å². The van der Waals surface area contributed by atoms with Gasteiger partial charge >= 0.3 is 5.69 Å². The Morgan fingerprint density at radius 1 is 1.23 bits per heavy atom. The van der Waals surface area contributed by atoms with Crippen LogP contribution < -0.4 is 16.8 Å². The highest BCUT2D eigenvalue weighted by molar-refractivity contribution is 5.72. The molecule has 1 N–H and O–H groups in total. The standard InChI is InChI=1S/C13H16F2N4O3/c1-3-4-5-6-19-8-7(12(21)18(2)13(19)22)16-10(9(14)15)17-11(8)20/h9H,3-6H2,1-2H3,(H,16,17,20). The summed E-state index contributed by atoms with van der Waals surface area (Å²) in [7, 11) is 1.23. The van der Waals surface area contributed by atoms with Crippen molar-refractivity contribution < 1.29 is 8.78 Å². The van der Waals surface area contributed by atoms with Gasteiger partial charge in [0.15, 0.2) is 11.3 Å². The third-order valence-electron chi connectivity index (χ3n) is 3.40. The molecule has 0 aliphatic rings. The van der Waals surface area contributed by atoms with Gasteiger partial charge in [-0.25, -0.2) is 18.6 Å². The lowest BCUT2D eigenvalue weighted by Gasteiger charge is -2.11. The Bertz CT molecular complexity index is 866. The van der Waals surface area contributed by atoms with Crippen molar-refractivity contribution in [2.45, 2.75) is 39.2 Å². The minimum absolute atomic E-state index is 0.218. The quantitative estimate of drug-likeness (QED) is 0.831. The molecular formula is C13H16F2N4O3. The second-order valence-corrected chi connectivity index (χ2v) is 4.95. The number of hydrogen-bond donors (Lipinski definition) is 1. The van der Waals surface area contributed by atoms with Gasteiger partial charge in [0.2, 0.25) is 0 Å². The normalized spacial score (nSPS) is 11.5. The van der Waals surface area contributed by atoms with Crippen LogP contribution in [0.2, 0.25) is 0 Å². The van der Waals surface area contributed by atoms with E-state index in [0.717, 1.165) is 22.0 Å². The Labute approximate surface area is 123 Å². The molecular weight excluding hydrogens is 298 g/mol. The maximum atomic E-state index is 12.7. The number of aryl methyl sites for hydroxylation is 1. The molecule has 0 aliphatic heterocycles. The van der Waals surface area contributed by atoms with Gasteiger partial charge in [-0.3, -0.25) is 18.7 Å². The first-order valence-electron chi connectivity index (χ1n) is 6.90. The van der Waals surface area contributed by atoms with Crippen LogP contribution in [0, 0.1) is 0 Å².